The number of benzene rings is 2. The Kier molecular flexibility index (Phi) is 7.30. The first kappa shape index (κ1) is 23.5. The second-order valence-corrected chi connectivity index (χ2v) is 8.89. The molecule has 0 radical (unpaired) electrons. The molecule has 34 heavy (non-hydrogen) atoms. The molecule has 2 aromatic carbocycles. The fourth-order valence-electron chi connectivity index (χ4n) is 4.79. The Hall–Kier alpha value is -3.61. The molecule has 2 aromatic rings. The molecule has 0 saturated heterocycles. The number of allylic oxidation sites excluding steroid dienone is 1. The highest BCUT2D eigenvalue weighted by molar-refractivity contribution is 5.80. The van der Waals surface area contributed by atoms with E-state index in [-0.39, 0.29) is 36.9 Å². The van der Waals surface area contributed by atoms with Gasteiger partial charge in [0.15, 0.2) is 0 Å². The topological polar surface area (TPSA) is 105 Å². The number of carboxylic acids is 1. The van der Waals surface area contributed by atoms with Crippen LogP contribution in [0.4, 0.5) is 4.79 Å². The van der Waals surface area contributed by atoms with E-state index in [9.17, 15) is 19.5 Å². The largest absolute Gasteiger partial charge is 0.481 e. The van der Waals surface area contributed by atoms with Gasteiger partial charge in [-0.2, -0.15) is 0 Å². The number of nitrogens with one attached hydrogen (secondary N) is 2. The van der Waals surface area contributed by atoms with Crippen molar-refractivity contribution in [2.45, 2.75) is 50.6 Å². The van der Waals surface area contributed by atoms with E-state index in [2.05, 4.69) is 34.9 Å². The first-order valence-corrected chi connectivity index (χ1v) is 11.8. The molecular weight excluding hydrogens is 432 g/mol. The number of rotatable bonds is 8. The van der Waals surface area contributed by atoms with E-state index in [4.69, 9.17) is 4.74 Å². The highest BCUT2D eigenvalue weighted by Crippen LogP contribution is 2.44. The Morgan fingerprint density at radius 2 is 1.71 bits per heavy atom. The number of aliphatic carboxylic acids is 1. The van der Waals surface area contributed by atoms with E-state index in [1.54, 1.807) is 6.08 Å². The molecule has 0 aliphatic heterocycles. The van der Waals surface area contributed by atoms with Crippen LogP contribution in [-0.4, -0.2) is 41.8 Å². The van der Waals surface area contributed by atoms with E-state index in [1.165, 1.54) is 0 Å². The van der Waals surface area contributed by atoms with Crippen LogP contribution in [0.1, 0.15) is 49.7 Å². The quantitative estimate of drug-likeness (QED) is 0.509. The van der Waals surface area contributed by atoms with Crippen LogP contribution >= 0.6 is 0 Å². The molecule has 7 nitrogen and oxygen atoms in total. The van der Waals surface area contributed by atoms with Crippen molar-refractivity contribution in [3.8, 4) is 11.1 Å². The van der Waals surface area contributed by atoms with Crippen molar-refractivity contribution >= 4 is 18.0 Å². The van der Waals surface area contributed by atoms with Gasteiger partial charge in [0.1, 0.15) is 6.61 Å². The Labute approximate surface area is 199 Å². The van der Waals surface area contributed by atoms with Crippen LogP contribution in [0.25, 0.3) is 11.1 Å². The number of hydrogen-bond acceptors (Lipinski definition) is 4. The van der Waals surface area contributed by atoms with E-state index in [0.29, 0.717) is 19.3 Å². The van der Waals surface area contributed by atoms with Crippen molar-refractivity contribution in [2.75, 3.05) is 6.61 Å². The summed E-state index contributed by atoms with van der Waals surface area (Å²) in [6.45, 7) is 2.11. The summed E-state index contributed by atoms with van der Waals surface area (Å²) in [5.41, 5.74) is 4.61. The highest BCUT2D eigenvalue weighted by Gasteiger charge is 2.29. The normalized spacial score (nSPS) is 19.6. The minimum atomic E-state index is -0.855. The van der Waals surface area contributed by atoms with E-state index in [0.717, 1.165) is 22.3 Å². The average molecular weight is 463 g/mol. The van der Waals surface area contributed by atoms with Gasteiger partial charge in [-0.1, -0.05) is 67.6 Å². The second-order valence-electron chi connectivity index (χ2n) is 8.89. The summed E-state index contributed by atoms with van der Waals surface area (Å²) in [7, 11) is 0. The zero-order valence-corrected chi connectivity index (χ0v) is 19.2. The molecule has 0 bridgehead atoms. The zero-order chi connectivity index (χ0) is 24.1. The number of amides is 2. The molecule has 0 saturated carbocycles. The van der Waals surface area contributed by atoms with Crippen LogP contribution in [0.2, 0.25) is 0 Å². The first-order valence-electron chi connectivity index (χ1n) is 11.8. The molecular formula is C27H30N2O5. The average Bonchev–Trinajstić information content (AvgIpc) is 3.16. The smallest absolute Gasteiger partial charge is 0.407 e. The van der Waals surface area contributed by atoms with Gasteiger partial charge in [0, 0.05) is 24.4 Å². The monoisotopic (exact) mass is 462 g/mol. The summed E-state index contributed by atoms with van der Waals surface area (Å²) < 4.78 is 5.59. The summed E-state index contributed by atoms with van der Waals surface area (Å²) in [5, 5.41) is 14.9. The van der Waals surface area contributed by atoms with Crippen LogP contribution in [0.15, 0.2) is 60.7 Å². The van der Waals surface area contributed by atoms with Gasteiger partial charge in [0.25, 0.3) is 0 Å². The fourth-order valence-corrected chi connectivity index (χ4v) is 4.79. The molecule has 0 aromatic heterocycles. The molecule has 0 fully saturated rings. The molecule has 0 heterocycles. The number of carbonyl (C=O) groups excluding carboxylic acids is 2. The van der Waals surface area contributed by atoms with Gasteiger partial charge in [-0.25, -0.2) is 4.79 Å². The van der Waals surface area contributed by atoms with Crippen LogP contribution in [0.3, 0.4) is 0 Å². The summed E-state index contributed by atoms with van der Waals surface area (Å²) in [6.07, 6.45) is 4.58. The zero-order valence-electron chi connectivity index (χ0n) is 19.2. The van der Waals surface area contributed by atoms with Gasteiger partial charge in [0.2, 0.25) is 5.91 Å². The third-order valence-corrected chi connectivity index (χ3v) is 6.61. The molecule has 3 atom stereocenters. The SMILES string of the molecule is CCC(CC(=O)N[C@H]1C=CC[C@H](C(=O)O)C1)NC(=O)OCC1c2ccccc2-c2ccccc21. The third-order valence-electron chi connectivity index (χ3n) is 6.61. The van der Waals surface area contributed by atoms with Crippen molar-refractivity contribution < 1.29 is 24.2 Å². The number of carbonyl (C=O) groups is 3. The highest BCUT2D eigenvalue weighted by atomic mass is 16.5. The predicted octanol–water partition coefficient (Wildman–Crippen LogP) is 4.23. The summed E-state index contributed by atoms with van der Waals surface area (Å²) in [4.78, 5) is 36.3. The summed E-state index contributed by atoms with van der Waals surface area (Å²) in [6, 6.07) is 15.6. The van der Waals surface area contributed by atoms with Gasteiger partial charge >= 0.3 is 12.1 Å². The standard InChI is InChI=1S/C27H30N2O5/c1-2-18(15-25(30)28-19-9-7-8-17(14-19)26(31)32)29-27(33)34-16-24-22-12-5-3-10-20(22)21-11-4-6-13-23(21)24/h3-7,9-13,17-19,24H,2,8,14-16H2,1H3,(H,28,30)(H,29,33)(H,31,32)/t17-,18?,19-/m0/s1. The van der Waals surface area contributed by atoms with Crippen molar-refractivity contribution in [2.24, 2.45) is 5.92 Å². The van der Waals surface area contributed by atoms with Crippen molar-refractivity contribution in [1.29, 1.82) is 0 Å². The number of ether oxygens (including phenoxy) is 1. The lowest BCUT2D eigenvalue weighted by Gasteiger charge is -2.24. The number of fused-ring (bicyclic) bond motifs is 3. The number of alkyl carbamates (subject to hydrolysis) is 1. The predicted molar refractivity (Wildman–Crippen MR) is 128 cm³/mol. The molecule has 7 heteroatoms. The molecule has 0 spiro atoms. The number of carboxylic acid groups (broad SMARTS) is 1. The van der Waals surface area contributed by atoms with Gasteiger partial charge < -0.3 is 20.5 Å². The molecule has 3 N–H and O–H groups in total. The Bertz CT molecular complexity index is 1050. The third kappa shape index (κ3) is 5.30. The van der Waals surface area contributed by atoms with Crippen LogP contribution in [0.5, 0.6) is 0 Å². The fraction of sp³-hybridized carbons (Fsp3) is 0.370. The Balaban J connectivity index is 1.29. The van der Waals surface area contributed by atoms with Crippen molar-refractivity contribution in [3.05, 3.63) is 71.8 Å². The lowest BCUT2D eigenvalue weighted by molar-refractivity contribution is -0.142. The number of hydrogen-bond donors (Lipinski definition) is 3. The lowest BCUT2D eigenvalue weighted by atomic mass is 9.91. The Morgan fingerprint density at radius 3 is 2.32 bits per heavy atom. The van der Waals surface area contributed by atoms with Gasteiger partial charge in [-0.05, 0) is 41.5 Å². The van der Waals surface area contributed by atoms with Crippen molar-refractivity contribution in [1.82, 2.24) is 10.6 Å². The maximum Gasteiger partial charge on any atom is 0.407 e. The molecule has 2 aliphatic rings. The van der Waals surface area contributed by atoms with Gasteiger partial charge in [0.05, 0.1) is 5.92 Å². The maximum absolute atomic E-state index is 12.5. The van der Waals surface area contributed by atoms with E-state index < -0.39 is 18.0 Å². The molecule has 2 aliphatic carbocycles. The summed E-state index contributed by atoms with van der Waals surface area (Å²) in [5.74, 6) is -1.60. The lowest BCUT2D eigenvalue weighted by Crippen LogP contribution is -2.43. The van der Waals surface area contributed by atoms with Crippen LogP contribution < -0.4 is 10.6 Å². The molecule has 178 valence electrons. The second kappa shape index (κ2) is 10.5. The Morgan fingerprint density at radius 1 is 1.06 bits per heavy atom. The maximum atomic E-state index is 12.5. The molecule has 4 rings (SSSR count). The molecule has 2 amide bonds. The van der Waals surface area contributed by atoms with Crippen LogP contribution in [0, 0.1) is 5.92 Å². The van der Waals surface area contributed by atoms with Gasteiger partial charge in [-0.3, -0.25) is 9.59 Å². The summed E-state index contributed by atoms with van der Waals surface area (Å²) >= 11 is 0. The minimum absolute atomic E-state index is 0.0261. The van der Waals surface area contributed by atoms with E-state index >= 15 is 0 Å². The molecule has 1 unspecified atom stereocenters. The van der Waals surface area contributed by atoms with E-state index in [1.807, 2.05) is 37.3 Å². The van der Waals surface area contributed by atoms with Crippen molar-refractivity contribution in [3.63, 3.8) is 0 Å². The minimum Gasteiger partial charge on any atom is -0.481 e. The first-order chi connectivity index (χ1) is 16.5. The van der Waals surface area contributed by atoms with Gasteiger partial charge in [-0.15, -0.1) is 0 Å². The van der Waals surface area contributed by atoms with Crippen LogP contribution in [-0.2, 0) is 14.3 Å².